The van der Waals surface area contributed by atoms with Gasteiger partial charge >= 0.3 is 0 Å². The topological polar surface area (TPSA) is 102 Å². The lowest BCUT2D eigenvalue weighted by Gasteiger charge is -2.32. The van der Waals surface area contributed by atoms with Gasteiger partial charge in [0.2, 0.25) is 5.95 Å². The molecular weight excluding hydrogens is 398 g/mol. The van der Waals surface area contributed by atoms with Gasteiger partial charge in [-0.05, 0) is 43.2 Å². The maximum atomic E-state index is 12.9. The maximum absolute atomic E-state index is 12.9. The number of benzene rings is 1. The second kappa shape index (κ2) is 9.22. The molecule has 0 saturated carbocycles. The van der Waals surface area contributed by atoms with Crippen LogP contribution in [0.25, 0.3) is 11.0 Å². The molecule has 0 radical (unpaired) electrons. The number of imidazole rings is 1. The first-order valence-electron chi connectivity index (χ1n) is 10.4. The van der Waals surface area contributed by atoms with E-state index in [1.54, 1.807) is 36.3 Å². The molecule has 31 heavy (non-hydrogen) atoms. The molecule has 2 aromatic heterocycles. The monoisotopic (exact) mass is 425 g/mol. The zero-order valence-electron chi connectivity index (χ0n) is 17.8. The zero-order chi connectivity index (χ0) is 21.8. The van der Waals surface area contributed by atoms with Crippen molar-refractivity contribution in [1.82, 2.24) is 19.8 Å². The number of nitrogens with zero attached hydrogens (tertiary/aromatic N) is 3. The Labute approximate surface area is 180 Å². The first kappa shape index (κ1) is 20.9. The molecule has 4 rings (SSSR count). The van der Waals surface area contributed by atoms with Gasteiger partial charge in [-0.25, -0.2) is 4.98 Å². The van der Waals surface area contributed by atoms with Crippen LogP contribution >= 0.6 is 0 Å². The van der Waals surface area contributed by atoms with E-state index in [1.165, 1.54) is 6.26 Å². The highest BCUT2D eigenvalue weighted by atomic mass is 16.5. The lowest BCUT2D eigenvalue weighted by atomic mass is 10.0. The van der Waals surface area contributed by atoms with Gasteiger partial charge in [-0.2, -0.15) is 0 Å². The van der Waals surface area contributed by atoms with Crippen LogP contribution in [0.4, 0.5) is 5.95 Å². The van der Waals surface area contributed by atoms with Crippen molar-refractivity contribution in [2.24, 2.45) is 7.05 Å². The summed E-state index contributed by atoms with van der Waals surface area (Å²) in [5.74, 6) is 0.734. The molecule has 1 atom stereocenters. The van der Waals surface area contributed by atoms with Crippen LogP contribution in [0.5, 0.6) is 0 Å². The van der Waals surface area contributed by atoms with E-state index in [4.69, 9.17) is 9.15 Å². The summed E-state index contributed by atoms with van der Waals surface area (Å²) in [6, 6.07) is 8.74. The number of hydrogen-bond acceptors (Lipinski definition) is 6. The van der Waals surface area contributed by atoms with Gasteiger partial charge in [0, 0.05) is 45.4 Å². The number of carbonyl (C=O) groups is 2. The molecule has 164 valence electrons. The van der Waals surface area contributed by atoms with Crippen molar-refractivity contribution in [3.05, 3.63) is 47.9 Å². The van der Waals surface area contributed by atoms with Gasteiger partial charge < -0.3 is 29.3 Å². The Morgan fingerprint density at radius 2 is 2.19 bits per heavy atom. The van der Waals surface area contributed by atoms with Crippen LogP contribution in [0, 0.1) is 0 Å². The van der Waals surface area contributed by atoms with E-state index in [1.807, 2.05) is 17.7 Å². The van der Waals surface area contributed by atoms with E-state index < -0.39 is 0 Å². The van der Waals surface area contributed by atoms with Crippen LogP contribution < -0.4 is 10.6 Å². The predicted molar refractivity (Wildman–Crippen MR) is 116 cm³/mol. The summed E-state index contributed by atoms with van der Waals surface area (Å²) in [5, 5.41) is 6.29. The Morgan fingerprint density at radius 3 is 2.97 bits per heavy atom. The lowest BCUT2D eigenvalue weighted by Crippen LogP contribution is -2.49. The molecule has 3 aromatic rings. The lowest BCUT2D eigenvalue weighted by molar-refractivity contribution is 0.0647. The van der Waals surface area contributed by atoms with Crippen molar-refractivity contribution >= 4 is 28.8 Å². The van der Waals surface area contributed by atoms with E-state index in [2.05, 4.69) is 15.6 Å². The molecule has 2 N–H and O–H groups in total. The number of aryl methyl sites for hydroxylation is 1. The smallest absolute Gasteiger partial charge is 0.289 e. The van der Waals surface area contributed by atoms with E-state index in [9.17, 15) is 9.59 Å². The Morgan fingerprint density at radius 1 is 1.32 bits per heavy atom. The van der Waals surface area contributed by atoms with Gasteiger partial charge in [0.15, 0.2) is 5.76 Å². The quantitative estimate of drug-likeness (QED) is 0.563. The zero-order valence-corrected chi connectivity index (χ0v) is 17.8. The molecule has 3 heterocycles. The molecule has 0 aliphatic carbocycles. The molecule has 0 unspecified atom stereocenters. The van der Waals surface area contributed by atoms with Gasteiger partial charge in [0.1, 0.15) is 0 Å². The van der Waals surface area contributed by atoms with Crippen LogP contribution in [-0.4, -0.2) is 65.7 Å². The summed E-state index contributed by atoms with van der Waals surface area (Å²) < 4.78 is 12.2. The van der Waals surface area contributed by atoms with Crippen molar-refractivity contribution in [2.45, 2.75) is 18.9 Å². The van der Waals surface area contributed by atoms with Gasteiger partial charge in [0.25, 0.3) is 11.8 Å². The number of amides is 2. The van der Waals surface area contributed by atoms with E-state index in [0.717, 1.165) is 29.8 Å². The summed E-state index contributed by atoms with van der Waals surface area (Å²) in [5.41, 5.74) is 2.22. The number of methoxy groups -OCH3 is 1. The van der Waals surface area contributed by atoms with Crippen molar-refractivity contribution in [3.8, 4) is 0 Å². The number of carbonyl (C=O) groups excluding carboxylic acids is 2. The highest BCUT2D eigenvalue weighted by Gasteiger charge is 2.27. The first-order chi connectivity index (χ1) is 15.1. The number of likely N-dealkylation sites (tertiary alicyclic amines) is 1. The van der Waals surface area contributed by atoms with Crippen LogP contribution in [-0.2, 0) is 11.8 Å². The minimum Gasteiger partial charge on any atom is -0.459 e. The fraction of sp³-hybridized carbons (Fsp3) is 0.409. The summed E-state index contributed by atoms with van der Waals surface area (Å²) in [6.45, 7) is 2.35. The second-order valence-electron chi connectivity index (χ2n) is 7.66. The molecule has 0 bridgehead atoms. The van der Waals surface area contributed by atoms with Gasteiger partial charge in [-0.3, -0.25) is 9.59 Å². The van der Waals surface area contributed by atoms with Crippen LogP contribution in [0.3, 0.4) is 0 Å². The highest BCUT2D eigenvalue weighted by Crippen LogP contribution is 2.20. The highest BCUT2D eigenvalue weighted by molar-refractivity contribution is 5.98. The van der Waals surface area contributed by atoms with E-state index in [-0.39, 0.29) is 17.9 Å². The van der Waals surface area contributed by atoms with Crippen molar-refractivity contribution in [1.29, 1.82) is 0 Å². The maximum Gasteiger partial charge on any atom is 0.289 e. The Hall–Kier alpha value is -3.33. The fourth-order valence-corrected chi connectivity index (χ4v) is 3.87. The minimum atomic E-state index is -0.168. The van der Waals surface area contributed by atoms with E-state index in [0.29, 0.717) is 37.6 Å². The molecule has 1 aliphatic rings. The average molecular weight is 425 g/mol. The van der Waals surface area contributed by atoms with Gasteiger partial charge in [-0.1, -0.05) is 0 Å². The number of ether oxygens (including phenoxy) is 1. The predicted octanol–water partition coefficient (Wildman–Crippen LogP) is 2.26. The summed E-state index contributed by atoms with van der Waals surface area (Å²) >= 11 is 0. The van der Waals surface area contributed by atoms with Crippen molar-refractivity contribution < 1.29 is 18.7 Å². The molecule has 9 nitrogen and oxygen atoms in total. The van der Waals surface area contributed by atoms with Crippen LogP contribution in [0.1, 0.15) is 33.8 Å². The molecule has 1 saturated heterocycles. The van der Waals surface area contributed by atoms with Crippen LogP contribution in [0.15, 0.2) is 41.0 Å². The van der Waals surface area contributed by atoms with Crippen LogP contribution in [0.2, 0.25) is 0 Å². The van der Waals surface area contributed by atoms with Gasteiger partial charge in [0.05, 0.1) is 23.9 Å². The molecular formula is C22H27N5O4. The number of anilines is 1. The Kier molecular flexibility index (Phi) is 6.22. The third kappa shape index (κ3) is 4.56. The third-order valence-electron chi connectivity index (χ3n) is 5.51. The van der Waals surface area contributed by atoms with E-state index >= 15 is 0 Å². The fourth-order valence-electron chi connectivity index (χ4n) is 3.87. The Balaban J connectivity index is 1.42. The number of nitrogens with one attached hydrogen (secondary N) is 2. The largest absolute Gasteiger partial charge is 0.459 e. The van der Waals surface area contributed by atoms with Gasteiger partial charge in [-0.15, -0.1) is 0 Å². The number of piperidine rings is 1. The summed E-state index contributed by atoms with van der Waals surface area (Å²) in [7, 11) is 3.58. The standard InChI is InChI=1S/C22H27N5O4/c1-26-18-8-7-15(13-17(18)25-22(26)23-9-12-30-2)20(28)24-16-5-3-10-27(14-16)21(29)19-6-4-11-31-19/h4,6-8,11,13,16H,3,5,9-10,12,14H2,1-2H3,(H,23,25)(H,24,28)/t16-/m0/s1. The SMILES string of the molecule is COCCNc1nc2cc(C(=O)N[C@H]3CCCN(C(=O)c4ccco4)C3)ccc2n1C. The van der Waals surface area contributed by atoms with Crippen molar-refractivity contribution in [2.75, 3.05) is 38.7 Å². The molecule has 1 aliphatic heterocycles. The molecule has 9 heteroatoms. The second-order valence-corrected chi connectivity index (χ2v) is 7.66. The number of fused-ring (bicyclic) bond motifs is 1. The molecule has 0 spiro atoms. The number of furan rings is 1. The molecule has 1 fully saturated rings. The normalized spacial score (nSPS) is 16.5. The molecule has 2 amide bonds. The first-order valence-corrected chi connectivity index (χ1v) is 10.4. The third-order valence-corrected chi connectivity index (χ3v) is 5.51. The Bertz CT molecular complexity index is 1060. The molecule has 1 aromatic carbocycles. The number of rotatable bonds is 7. The minimum absolute atomic E-state index is 0.106. The summed E-state index contributed by atoms with van der Waals surface area (Å²) in [4.78, 5) is 31.7. The van der Waals surface area contributed by atoms with Crippen molar-refractivity contribution in [3.63, 3.8) is 0 Å². The summed E-state index contributed by atoms with van der Waals surface area (Å²) in [6.07, 6.45) is 3.14. The number of aromatic nitrogens is 2. The number of hydrogen-bond donors (Lipinski definition) is 2. The average Bonchev–Trinajstić information content (AvgIpc) is 3.42.